The molecule has 0 aliphatic carbocycles. The van der Waals surface area contributed by atoms with E-state index in [-0.39, 0.29) is 11.8 Å². The third-order valence-electron chi connectivity index (χ3n) is 3.48. The van der Waals surface area contributed by atoms with Gasteiger partial charge >= 0.3 is 5.97 Å². The summed E-state index contributed by atoms with van der Waals surface area (Å²) in [6, 6.07) is 8.92. The lowest BCUT2D eigenvalue weighted by Crippen LogP contribution is -2.44. The number of hydrogen-bond acceptors (Lipinski definition) is 3. The molecule has 1 saturated heterocycles. The molecule has 0 saturated carbocycles. The van der Waals surface area contributed by atoms with Crippen LogP contribution < -0.4 is 5.32 Å². The van der Waals surface area contributed by atoms with Crippen molar-refractivity contribution in [1.29, 1.82) is 0 Å². The van der Waals surface area contributed by atoms with Gasteiger partial charge in [0.25, 0.3) is 0 Å². The highest BCUT2D eigenvalue weighted by atomic mass is 32.2. The summed E-state index contributed by atoms with van der Waals surface area (Å²) >= 11 is 1.75. The number of thioether (sulfide) groups is 1. The number of benzene rings is 1. The average molecular weight is 293 g/mol. The molecular formula is C15H19NO3S. The van der Waals surface area contributed by atoms with E-state index in [1.54, 1.807) is 11.8 Å². The standard InChI is InChI=1S/C15H19NO3S/c17-14(12-8-9-20-10-12)16-13(15(18)19)7-6-11-4-2-1-3-5-11/h1-5,12-13H,6-10H2,(H,16,17)(H,18,19). The van der Waals surface area contributed by atoms with Gasteiger partial charge in [0.1, 0.15) is 6.04 Å². The van der Waals surface area contributed by atoms with Gasteiger partial charge in [0.2, 0.25) is 5.91 Å². The molecule has 0 radical (unpaired) electrons. The second kappa shape index (κ2) is 7.33. The summed E-state index contributed by atoms with van der Waals surface area (Å²) < 4.78 is 0. The molecule has 2 N–H and O–H groups in total. The molecular weight excluding hydrogens is 274 g/mol. The van der Waals surface area contributed by atoms with Crippen LogP contribution in [0.5, 0.6) is 0 Å². The minimum Gasteiger partial charge on any atom is -0.480 e. The summed E-state index contributed by atoms with van der Waals surface area (Å²) in [4.78, 5) is 23.2. The van der Waals surface area contributed by atoms with Crippen molar-refractivity contribution in [3.8, 4) is 0 Å². The molecule has 108 valence electrons. The van der Waals surface area contributed by atoms with Crippen molar-refractivity contribution < 1.29 is 14.7 Å². The lowest BCUT2D eigenvalue weighted by molar-refractivity contribution is -0.142. The van der Waals surface area contributed by atoms with Crippen molar-refractivity contribution >= 4 is 23.6 Å². The molecule has 0 spiro atoms. The molecule has 1 aromatic rings. The van der Waals surface area contributed by atoms with Crippen molar-refractivity contribution in [2.45, 2.75) is 25.3 Å². The maximum atomic E-state index is 12.0. The number of amides is 1. The molecule has 0 aromatic heterocycles. The van der Waals surface area contributed by atoms with Gasteiger partial charge in [0.05, 0.1) is 0 Å². The number of carbonyl (C=O) groups excluding carboxylic acids is 1. The zero-order chi connectivity index (χ0) is 14.4. The number of carbonyl (C=O) groups is 2. The first kappa shape index (κ1) is 14.9. The highest BCUT2D eigenvalue weighted by molar-refractivity contribution is 7.99. The molecule has 1 aliphatic heterocycles. The maximum absolute atomic E-state index is 12.0. The first-order valence-electron chi connectivity index (χ1n) is 6.81. The van der Waals surface area contributed by atoms with Crippen LogP contribution in [0.2, 0.25) is 0 Å². The molecule has 1 fully saturated rings. The SMILES string of the molecule is O=C(NC(CCc1ccccc1)C(=O)O)C1CCSC1. The Kier molecular flexibility index (Phi) is 5.47. The van der Waals surface area contributed by atoms with Crippen LogP contribution >= 0.6 is 11.8 Å². The highest BCUT2D eigenvalue weighted by Gasteiger charge is 2.27. The predicted molar refractivity (Wildman–Crippen MR) is 79.8 cm³/mol. The third-order valence-corrected chi connectivity index (χ3v) is 4.64. The summed E-state index contributed by atoms with van der Waals surface area (Å²) in [7, 11) is 0. The summed E-state index contributed by atoms with van der Waals surface area (Å²) in [5.74, 6) is 0.686. The summed E-state index contributed by atoms with van der Waals surface area (Å²) in [5.41, 5.74) is 1.09. The van der Waals surface area contributed by atoms with E-state index in [1.807, 2.05) is 30.3 Å². The van der Waals surface area contributed by atoms with Crippen LogP contribution in [-0.2, 0) is 16.0 Å². The molecule has 1 amide bonds. The van der Waals surface area contributed by atoms with Crippen molar-refractivity contribution in [2.24, 2.45) is 5.92 Å². The Labute approximate surface area is 123 Å². The van der Waals surface area contributed by atoms with Crippen LogP contribution in [-0.4, -0.2) is 34.5 Å². The van der Waals surface area contributed by atoms with Crippen LogP contribution in [0.3, 0.4) is 0 Å². The molecule has 4 nitrogen and oxygen atoms in total. The van der Waals surface area contributed by atoms with Crippen molar-refractivity contribution in [3.63, 3.8) is 0 Å². The van der Waals surface area contributed by atoms with Gasteiger partial charge in [-0.25, -0.2) is 4.79 Å². The highest BCUT2D eigenvalue weighted by Crippen LogP contribution is 2.23. The molecule has 2 atom stereocenters. The third kappa shape index (κ3) is 4.27. The molecule has 2 rings (SSSR count). The first-order chi connectivity index (χ1) is 9.66. The molecule has 1 aromatic carbocycles. The van der Waals surface area contributed by atoms with E-state index in [0.29, 0.717) is 12.8 Å². The number of nitrogens with one attached hydrogen (secondary N) is 1. The number of carboxylic acid groups (broad SMARTS) is 1. The van der Waals surface area contributed by atoms with Gasteiger partial charge in [-0.2, -0.15) is 11.8 Å². The van der Waals surface area contributed by atoms with Crippen molar-refractivity contribution in [3.05, 3.63) is 35.9 Å². The van der Waals surface area contributed by atoms with Crippen LogP contribution in [0.4, 0.5) is 0 Å². The molecule has 1 heterocycles. The van der Waals surface area contributed by atoms with Crippen molar-refractivity contribution in [1.82, 2.24) is 5.32 Å². The van der Waals surface area contributed by atoms with Gasteiger partial charge in [-0.15, -0.1) is 0 Å². The Hall–Kier alpha value is -1.49. The monoisotopic (exact) mass is 293 g/mol. The molecule has 5 heteroatoms. The Balaban J connectivity index is 1.87. The van der Waals surface area contributed by atoms with Crippen LogP contribution in [0, 0.1) is 5.92 Å². The fraction of sp³-hybridized carbons (Fsp3) is 0.467. The number of hydrogen-bond donors (Lipinski definition) is 2. The second-order valence-electron chi connectivity index (χ2n) is 4.98. The molecule has 20 heavy (non-hydrogen) atoms. The minimum absolute atomic E-state index is 0.0291. The van der Waals surface area contributed by atoms with Gasteiger partial charge in [0, 0.05) is 11.7 Å². The van der Waals surface area contributed by atoms with Gasteiger partial charge < -0.3 is 10.4 Å². The zero-order valence-electron chi connectivity index (χ0n) is 11.2. The molecule has 2 unspecified atom stereocenters. The van der Waals surface area contributed by atoms with Crippen LogP contribution in [0.15, 0.2) is 30.3 Å². The van der Waals surface area contributed by atoms with E-state index in [1.165, 1.54) is 0 Å². The summed E-state index contributed by atoms with van der Waals surface area (Å²) in [5, 5.41) is 11.9. The summed E-state index contributed by atoms with van der Waals surface area (Å²) in [6.45, 7) is 0. The number of aryl methyl sites for hydroxylation is 1. The Morgan fingerprint density at radius 1 is 1.35 bits per heavy atom. The first-order valence-corrected chi connectivity index (χ1v) is 7.97. The predicted octanol–water partition coefficient (Wildman–Crippen LogP) is 1.94. The van der Waals surface area contributed by atoms with E-state index < -0.39 is 12.0 Å². The Morgan fingerprint density at radius 2 is 2.10 bits per heavy atom. The lowest BCUT2D eigenvalue weighted by Gasteiger charge is -2.17. The van der Waals surface area contributed by atoms with Crippen LogP contribution in [0.25, 0.3) is 0 Å². The van der Waals surface area contributed by atoms with E-state index in [2.05, 4.69) is 5.32 Å². The Bertz CT molecular complexity index is 457. The average Bonchev–Trinajstić information content (AvgIpc) is 2.98. The molecule has 1 aliphatic rings. The topological polar surface area (TPSA) is 66.4 Å². The van der Waals surface area contributed by atoms with E-state index in [4.69, 9.17) is 0 Å². The Morgan fingerprint density at radius 3 is 2.70 bits per heavy atom. The fourth-order valence-electron chi connectivity index (χ4n) is 2.24. The van der Waals surface area contributed by atoms with E-state index >= 15 is 0 Å². The number of carboxylic acids is 1. The van der Waals surface area contributed by atoms with Crippen LogP contribution in [0.1, 0.15) is 18.4 Å². The normalized spacial score (nSPS) is 19.5. The van der Waals surface area contributed by atoms with Gasteiger partial charge in [0.15, 0.2) is 0 Å². The van der Waals surface area contributed by atoms with Gasteiger partial charge in [-0.3, -0.25) is 4.79 Å². The zero-order valence-corrected chi connectivity index (χ0v) is 12.1. The smallest absolute Gasteiger partial charge is 0.326 e. The molecule has 0 bridgehead atoms. The number of rotatable bonds is 6. The van der Waals surface area contributed by atoms with E-state index in [9.17, 15) is 14.7 Å². The lowest BCUT2D eigenvalue weighted by atomic mass is 10.0. The van der Waals surface area contributed by atoms with Gasteiger partial charge in [-0.1, -0.05) is 30.3 Å². The van der Waals surface area contributed by atoms with Crippen molar-refractivity contribution in [2.75, 3.05) is 11.5 Å². The second-order valence-corrected chi connectivity index (χ2v) is 6.13. The largest absolute Gasteiger partial charge is 0.480 e. The van der Waals surface area contributed by atoms with Gasteiger partial charge in [-0.05, 0) is 30.6 Å². The number of aliphatic carboxylic acids is 1. The summed E-state index contributed by atoms with van der Waals surface area (Å²) in [6.07, 6.45) is 1.92. The van der Waals surface area contributed by atoms with E-state index in [0.717, 1.165) is 23.5 Å². The fourth-order valence-corrected chi connectivity index (χ4v) is 3.46. The minimum atomic E-state index is -0.958. The quantitative estimate of drug-likeness (QED) is 0.841. The maximum Gasteiger partial charge on any atom is 0.326 e.